The van der Waals surface area contributed by atoms with Crippen molar-refractivity contribution < 1.29 is 13.2 Å². The van der Waals surface area contributed by atoms with Gasteiger partial charge in [-0.15, -0.1) is 0 Å². The van der Waals surface area contributed by atoms with Crippen LogP contribution in [0.15, 0.2) is 47.4 Å². The molecule has 0 spiro atoms. The van der Waals surface area contributed by atoms with E-state index in [0.29, 0.717) is 18.7 Å². The number of amides is 1. The molecule has 0 radical (unpaired) electrons. The van der Waals surface area contributed by atoms with Gasteiger partial charge in [0.1, 0.15) is 4.90 Å². The van der Waals surface area contributed by atoms with Crippen LogP contribution >= 0.6 is 23.2 Å². The van der Waals surface area contributed by atoms with Gasteiger partial charge in [-0.2, -0.15) is 0 Å². The minimum absolute atomic E-state index is 0.0585. The minimum atomic E-state index is -4.00. The number of likely N-dealkylation sites (tertiary alicyclic amines) is 1. The first-order valence-corrected chi connectivity index (χ1v) is 11.0. The van der Waals surface area contributed by atoms with Crippen LogP contribution in [0.4, 0.5) is 5.69 Å². The minimum Gasteiger partial charge on any atom is -0.339 e. The number of halogens is 2. The number of hydrogen-bond acceptors (Lipinski definition) is 3. The van der Waals surface area contributed by atoms with Crippen LogP contribution in [-0.4, -0.2) is 32.3 Å². The average molecular weight is 427 g/mol. The third-order valence-electron chi connectivity index (χ3n) is 4.48. The van der Waals surface area contributed by atoms with Crippen molar-refractivity contribution in [2.45, 2.75) is 30.6 Å². The fourth-order valence-electron chi connectivity index (χ4n) is 3.09. The zero-order chi connectivity index (χ0) is 19.4. The molecule has 1 saturated heterocycles. The zero-order valence-electron chi connectivity index (χ0n) is 14.6. The summed E-state index contributed by atoms with van der Waals surface area (Å²) in [4.78, 5) is 14.6. The number of carbonyl (C=O) groups is 1. The molecule has 1 amide bonds. The molecule has 8 heteroatoms. The molecule has 1 fully saturated rings. The van der Waals surface area contributed by atoms with Crippen LogP contribution in [0.1, 0.15) is 36.0 Å². The average Bonchev–Trinajstić information content (AvgIpc) is 2.92. The van der Waals surface area contributed by atoms with E-state index in [2.05, 4.69) is 4.72 Å². The lowest BCUT2D eigenvalue weighted by molar-refractivity contribution is 0.0762. The van der Waals surface area contributed by atoms with Crippen LogP contribution in [-0.2, 0) is 10.0 Å². The molecule has 2 aromatic rings. The number of anilines is 1. The summed E-state index contributed by atoms with van der Waals surface area (Å²) in [7, 11) is -4.00. The second kappa shape index (κ2) is 8.50. The SMILES string of the molecule is O=C(c1ccccc1NS(=O)(=O)c1cc(Cl)ccc1Cl)N1CCCCCC1. The molecule has 1 aliphatic rings. The molecule has 1 aliphatic heterocycles. The monoisotopic (exact) mass is 426 g/mol. The molecule has 1 N–H and O–H groups in total. The number of nitrogens with zero attached hydrogens (tertiary/aromatic N) is 1. The lowest BCUT2D eigenvalue weighted by Crippen LogP contribution is -2.32. The number of carbonyl (C=O) groups excluding carboxylic acids is 1. The molecule has 0 atom stereocenters. The van der Waals surface area contributed by atoms with Gasteiger partial charge in [0.15, 0.2) is 0 Å². The first-order chi connectivity index (χ1) is 12.9. The van der Waals surface area contributed by atoms with Crippen LogP contribution in [0.5, 0.6) is 0 Å². The van der Waals surface area contributed by atoms with E-state index in [9.17, 15) is 13.2 Å². The van der Waals surface area contributed by atoms with Gasteiger partial charge in [-0.3, -0.25) is 9.52 Å². The topological polar surface area (TPSA) is 66.5 Å². The van der Waals surface area contributed by atoms with E-state index in [1.807, 2.05) is 0 Å². The van der Waals surface area contributed by atoms with Gasteiger partial charge in [-0.1, -0.05) is 48.2 Å². The van der Waals surface area contributed by atoms with Gasteiger partial charge < -0.3 is 4.90 Å². The molecular weight excluding hydrogens is 407 g/mol. The van der Waals surface area contributed by atoms with Crippen molar-refractivity contribution in [2.24, 2.45) is 0 Å². The molecule has 0 aromatic heterocycles. The molecular formula is C19H20Cl2N2O3S. The molecule has 27 heavy (non-hydrogen) atoms. The number of para-hydroxylation sites is 1. The quantitative estimate of drug-likeness (QED) is 0.762. The van der Waals surface area contributed by atoms with E-state index in [0.717, 1.165) is 25.7 Å². The van der Waals surface area contributed by atoms with Gasteiger partial charge in [0.05, 0.1) is 16.3 Å². The zero-order valence-corrected chi connectivity index (χ0v) is 16.9. The second-order valence-corrected chi connectivity index (χ2v) is 8.93. The summed E-state index contributed by atoms with van der Waals surface area (Å²) in [5, 5.41) is 0.317. The lowest BCUT2D eigenvalue weighted by Gasteiger charge is -2.22. The number of nitrogens with one attached hydrogen (secondary N) is 1. The van der Waals surface area contributed by atoms with Crippen LogP contribution in [0, 0.1) is 0 Å². The van der Waals surface area contributed by atoms with E-state index in [-0.39, 0.29) is 26.5 Å². The standard InChI is InChI=1S/C19H20Cl2N2O3S/c20-14-9-10-16(21)18(13-14)27(25,26)22-17-8-4-3-7-15(17)19(24)23-11-5-1-2-6-12-23/h3-4,7-10,13,22H,1-2,5-6,11-12H2. The largest absolute Gasteiger partial charge is 0.339 e. The Balaban J connectivity index is 1.92. The molecule has 144 valence electrons. The van der Waals surface area contributed by atoms with Gasteiger partial charge in [0, 0.05) is 18.1 Å². The first kappa shape index (κ1) is 20.0. The Morgan fingerprint density at radius 3 is 2.33 bits per heavy atom. The Bertz CT molecular complexity index is 940. The predicted molar refractivity (Wildman–Crippen MR) is 108 cm³/mol. The maximum Gasteiger partial charge on any atom is 0.263 e. The number of benzene rings is 2. The summed E-state index contributed by atoms with van der Waals surface area (Å²) in [6, 6.07) is 10.8. The third-order valence-corrected chi connectivity index (χ3v) is 6.56. The Morgan fingerprint density at radius 2 is 1.63 bits per heavy atom. The summed E-state index contributed by atoms with van der Waals surface area (Å²) in [5.41, 5.74) is 0.545. The Kier molecular flexibility index (Phi) is 6.29. The maximum absolute atomic E-state index is 13.0. The molecule has 1 heterocycles. The number of rotatable bonds is 4. The van der Waals surface area contributed by atoms with Crippen LogP contribution < -0.4 is 4.72 Å². The fraction of sp³-hybridized carbons (Fsp3) is 0.316. The van der Waals surface area contributed by atoms with Crippen molar-refractivity contribution in [3.8, 4) is 0 Å². The molecule has 0 aliphatic carbocycles. The number of hydrogen-bond donors (Lipinski definition) is 1. The molecule has 3 rings (SSSR count). The van der Waals surface area contributed by atoms with Gasteiger partial charge in [-0.25, -0.2) is 8.42 Å². The Hall–Kier alpha value is -1.76. The van der Waals surface area contributed by atoms with Gasteiger partial charge in [0.2, 0.25) is 0 Å². The summed E-state index contributed by atoms with van der Waals surface area (Å²) in [6.45, 7) is 1.36. The van der Waals surface area contributed by atoms with Gasteiger partial charge >= 0.3 is 0 Å². The molecule has 0 saturated carbocycles. The first-order valence-electron chi connectivity index (χ1n) is 8.75. The smallest absolute Gasteiger partial charge is 0.263 e. The van der Waals surface area contributed by atoms with E-state index in [1.165, 1.54) is 18.2 Å². The second-order valence-electron chi connectivity index (χ2n) is 6.43. The van der Waals surface area contributed by atoms with Crippen LogP contribution in [0.3, 0.4) is 0 Å². The van der Waals surface area contributed by atoms with Crippen molar-refractivity contribution in [1.82, 2.24) is 4.90 Å². The molecule has 5 nitrogen and oxygen atoms in total. The highest BCUT2D eigenvalue weighted by Gasteiger charge is 2.24. The van der Waals surface area contributed by atoms with Crippen molar-refractivity contribution in [3.05, 3.63) is 58.1 Å². The molecule has 0 bridgehead atoms. The summed E-state index contributed by atoms with van der Waals surface area (Å²) >= 11 is 11.9. The van der Waals surface area contributed by atoms with E-state index in [1.54, 1.807) is 29.2 Å². The maximum atomic E-state index is 13.0. The highest BCUT2D eigenvalue weighted by Crippen LogP contribution is 2.28. The van der Waals surface area contributed by atoms with Crippen molar-refractivity contribution in [3.63, 3.8) is 0 Å². The van der Waals surface area contributed by atoms with E-state index < -0.39 is 10.0 Å². The van der Waals surface area contributed by atoms with Crippen molar-refractivity contribution in [2.75, 3.05) is 17.8 Å². The van der Waals surface area contributed by atoms with Gasteiger partial charge in [-0.05, 0) is 43.2 Å². The summed E-state index contributed by atoms with van der Waals surface area (Å²) in [5.74, 6) is -0.174. The summed E-state index contributed by atoms with van der Waals surface area (Å²) in [6.07, 6.45) is 4.12. The predicted octanol–water partition coefficient (Wildman–Crippen LogP) is 4.81. The Labute approximate surface area is 169 Å². The third kappa shape index (κ3) is 4.75. The Morgan fingerprint density at radius 1 is 0.963 bits per heavy atom. The van der Waals surface area contributed by atoms with Crippen LogP contribution in [0.25, 0.3) is 0 Å². The van der Waals surface area contributed by atoms with E-state index >= 15 is 0 Å². The molecule has 0 unspecified atom stereocenters. The fourth-order valence-corrected chi connectivity index (χ4v) is 4.93. The normalized spacial score (nSPS) is 15.3. The number of sulfonamides is 1. The highest BCUT2D eigenvalue weighted by molar-refractivity contribution is 7.92. The van der Waals surface area contributed by atoms with E-state index in [4.69, 9.17) is 23.2 Å². The molecule has 2 aromatic carbocycles. The lowest BCUT2D eigenvalue weighted by atomic mass is 10.1. The van der Waals surface area contributed by atoms with Crippen molar-refractivity contribution in [1.29, 1.82) is 0 Å². The van der Waals surface area contributed by atoms with Crippen molar-refractivity contribution >= 4 is 44.8 Å². The van der Waals surface area contributed by atoms with Crippen LogP contribution in [0.2, 0.25) is 10.0 Å². The highest BCUT2D eigenvalue weighted by atomic mass is 35.5. The van der Waals surface area contributed by atoms with Gasteiger partial charge in [0.25, 0.3) is 15.9 Å². The summed E-state index contributed by atoms with van der Waals surface area (Å²) < 4.78 is 28.1.